The van der Waals surface area contributed by atoms with Gasteiger partial charge in [0.1, 0.15) is 11.6 Å². The Morgan fingerprint density at radius 2 is 2.06 bits per heavy atom. The number of hydrogen-bond donors (Lipinski definition) is 1. The van der Waals surface area contributed by atoms with Crippen molar-refractivity contribution < 1.29 is 8.78 Å². The van der Waals surface area contributed by atoms with Gasteiger partial charge in [-0.3, -0.25) is 0 Å². The van der Waals surface area contributed by atoms with Crippen molar-refractivity contribution in [3.8, 4) is 0 Å². The number of benzene rings is 1. The summed E-state index contributed by atoms with van der Waals surface area (Å²) in [6, 6.07) is 4.13. The largest absolute Gasteiger partial charge is 0.313 e. The minimum atomic E-state index is -0.524. The Balaban J connectivity index is 2.52. The molecule has 1 N–H and O–H groups in total. The normalized spacial score (nSPS) is 12.7. The van der Waals surface area contributed by atoms with Crippen LogP contribution < -0.4 is 5.32 Å². The van der Waals surface area contributed by atoms with Crippen molar-refractivity contribution in [3.63, 3.8) is 0 Å². The van der Waals surface area contributed by atoms with Crippen LogP contribution in [0.5, 0.6) is 0 Å². The zero-order chi connectivity index (χ0) is 12.7. The second kappa shape index (κ2) is 7.67. The van der Waals surface area contributed by atoms with Crippen LogP contribution in [0, 0.1) is 11.6 Å². The van der Waals surface area contributed by atoms with Gasteiger partial charge in [-0.25, -0.2) is 8.78 Å². The third-order valence-electron chi connectivity index (χ3n) is 2.46. The second-order valence-corrected chi connectivity index (χ2v) is 4.99. The number of halogens is 2. The Hall–Kier alpha value is -0.610. The van der Waals surface area contributed by atoms with Crippen molar-refractivity contribution >= 4 is 11.8 Å². The molecular weight excluding hydrogens is 240 g/mol. The molecule has 0 amide bonds. The summed E-state index contributed by atoms with van der Waals surface area (Å²) in [7, 11) is 0. The molecule has 1 aromatic carbocycles. The predicted octanol–water partition coefficient (Wildman–Crippen LogP) is 3.84. The summed E-state index contributed by atoms with van der Waals surface area (Å²) in [6.45, 7) is 5.11. The molecule has 1 rings (SSSR count). The molecule has 1 nitrogen and oxygen atoms in total. The van der Waals surface area contributed by atoms with Crippen molar-refractivity contribution in [1.29, 1.82) is 0 Å². The van der Waals surface area contributed by atoms with E-state index in [0.29, 0.717) is 10.9 Å². The van der Waals surface area contributed by atoms with E-state index >= 15 is 0 Å². The lowest BCUT2D eigenvalue weighted by Crippen LogP contribution is -2.30. The fourth-order valence-electron chi connectivity index (χ4n) is 1.66. The summed E-state index contributed by atoms with van der Waals surface area (Å²) in [5.74, 6) is -0.185. The van der Waals surface area contributed by atoms with E-state index in [1.54, 1.807) is 0 Å². The first-order valence-corrected chi connectivity index (χ1v) is 6.97. The molecule has 0 heterocycles. The van der Waals surface area contributed by atoms with Gasteiger partial charge in [0.2, 0.25) is 0 Å². The summed E-state index contributed by atoms with van der Waals surface area (Å²) < 4.78 is 26.1. The van der Waals surface area contributed by atoms with Crippen LogP contribution in [0.25, 0.3) is 0 Å². The van der Waals surface area contributed by atoms with Gasteiger partial charge in [0.15, 0.2) is 0 Å². The molecule has 1 unspecified atom stereocenters. The molecule has 1 atom stereocenters. The third kappa shape index (κ3) is 5.04. The van der Waals surface area contributed by atoms with Gasteiger partial charge in [-0.15, -0.1) is 11.8 Å². The lowest BCUT2D eigenvalue weighted by Gasteiger charge is -2.16. The van der Waals surface area contributed by atoms with E-state index in [-0.39, 0.29) is 0 Å². The monoisotopic (exact) mass is 259 g/mol. The first-order chi connectivity index (χ1) is 8.17. The number of rotatable bonds is 7. The minimum Gasteiger partial charge on any atom is -0.313 e. The van der Waals surface area contributed by atoms with E-state index in [4.69, 9.17) is 0 Å². The quantitative estimate of drug-likeness (QED) is 0.747. The number of hydrogen-bond acceptors (Lipinski definition) is 2. The zero-order valence-electron chi connectivity index (χ0n) is 10.3. The maximum atomic E-state index is 13.4. The average molecular weight is 259 g/mol. The molecule has 0 aliphatic carbocycles. The van der Waals surface area contributed by atoms with Crippen molar-refractivity contribution in [2.75, 3.05) is 12.3 Å². The van der Waals surface area contributed by atoms with Crippen LogP contribution in [0.3, 0.4) is 0 Å². The van der Waals surface area contributed by atoms with E-state index in [2.05, 4.69) is 19.2 Å². The van der Waals surface area contributed by atoms with Crippen molar-refractivity contribution in [3.05, 3.63) is 29.8 Å². The SMILES string of the molecule is CCCC(CSc1ccc(F)cc1F)NCC. The Morgan fingerprint density at radius 3 is 2.65 bits per heavy atom. The molecule has 0 fully saturated rings. The summed E-state index contributed by atoms with van der Waals surface area (Å²) in [6.07, 6.45) is 2.17. The van der Waals surface area contributed by atoms with Crippen molar-refractivity contribution in [2.45, 2.75) is 37.6 Å². The number of thioether (sulfide) groups is 1. The van der Waals surface area contributed by atoms with Gasteiger partial charge in [-0.2, -0.15) is 0 Å². The van der Waals surface area contributed by atoms with Crippen LogP contribution in [0.1, 0.15) is 26.7 Å². The van der Waals surface area contributed by atoms with E-state index in [1.165, 1.54) is 23.9 Å². The second-order valence-electron chi connectivity index (χ2n) is 3.93. The minimum absolute atomic E-state index is 0.388. The average Bonchev–Trinajstić information content (AvgIpc) is 2.28. The molecule has 0 spiro atoms. The highest BCUT2D eigenvalue weighted by atomic mass is 32.2. The molecule has 1 aromatic rings. The Morgan fingerprint density at radius 1 is 1.29 bits per heavy atom. The van der Waals surface area contributed by atoms with Crippen LogP contribution in [0.15, 0.2) is 23.1 Å². The standard InChI is InChI=1S/C13H19F2NS/c1-3-5-11(16-4-2)9-17-13-7-6-10(14)8-12(13)15/h6-8,11,16H,3-5,9H2,1-2H3. The molecule has 0 saturated carbocycles. The highest BCUT2D eigenvalue weighted by Crippen LogP contribution is 2.23. The maximum absolute atomic E-state index is 13.4. The summed E-state index contributed by atoms with van der Waals surface area (Å²) in [5.41, 5.74) is 0. The predicted molar refractivity (Wildman–Crippen MR) is 69.5 cm³/mol. The van der Waals surface area contributed by atoms with Gasteiger partial charge < -0.3 is 5.32 Å². The molecule has 4 heteroatoms. The van der Waals surface area contributed by atoms with Gasteiger partial charge in [0, 0.05) is 22.8 Å². The van der Waals surface area contributed by atoms with Crippen molar-refractivity contribution in [2.24, 2.45) is 0 Å². The van der Waals surface area contributed by atoms with Gasteiger partial charge in [0.25, 0.3) is 0 Å². The fourth-order valence-corrected chi connectivity index (χ4v) is 2.69. The molecule has 0 aliphatic heterocycles. The maximum Gasteiger partial charge on any atom is 0.139 e. The van der Waals surface area contributed by atoms with E-state index in [0.717, 1.165) is 31.2 Å². The zero-order valence-corrected chi connectivity index (χ0v) is 11.1. The van der Waals surface area contributed by atoms with Crippen LogP contribution in [-0.4, -0.2) is 18.3 Å². The van der Waals surface area contributed by atoms with Crippen LogP contribution in [0.4, 0.5) is 8.78 Å². The van der Waals surface area contributed by atoms with Crippen molar-refractivity contribution in [1.82, 2.24) is 5.32 Å². The van der Waals surface area contributed by atoms with E-state index in [9.17, 15) is 8.78 Å². The van der Waals surface area contributed by atoms with Crippen LogP contribution in [-0.2, 0) is 0 Å². The van der Waals surface area contributed by atoms with E-state index in [1.807, 2.05) is 0 Å². The molecule has 0 aliphatic rings. The lowest BCUT2D eigenvalue weighted by atomic mass is 10.2. The summed E-state index contributed by atoms with van der Waals surface area (Å²) in [4.78, 5) is 0.519. The van der Waals surface area contributed by atoms with Gasteiger partial charge in [0.05, 0.1) is 0 Å². The van der Waals surface area contributed by atoms with Gasteiger partial charge in [-0.05, 0) is 25.1 Å². The molecular formula is C13H19F2NS. The van der Waals surface area contributed by atoms with Gasteiger partial charge >= 0.3 is 0 Å². The molecule has 96 valence electrons. The summed E-state index contributed by atoms with van der Waals surface area (Å²) >= 11 is 1.44. The Bertz CT molecular complexity index is 338. The van der Waals surface area contributed by atoms with Crippen LogP contribution >= 0.6 is 11.8 Å². The summed E-state index contributed by atoms with van der Waals surface area (Å²) in [5, 5.41) is 3.37. The fraction of sp³-hybridized carbons (Fsp3) is 0.538. The van der Waals surface area contributed by atoms with E-state index < -0.39 is 11.6 Å². The highest BCUT2D eigenvalue weighted by Gasteiger charge is 2.09. The first kappa shape index (κ1) is 14.5. The smallest absolute Gasteiger partial charge is 0.139 e. The van der Waals surface area contributed by atoms with Crippen LogP contribution in [0.2, 0.25) is 0 Å². The molecule has 0 aromatic heterocycles. The van der Waals surface area contributed by atoms with Gasteiger partial charge in [-0.1, -0.05) is 20.3 Å². The lowest BCUT2D eigenvalue weighted by molar-refractivity contribution is 0.530. The molecule has 0 bridgehead atoms. The Kier molecular flexibility index (Phi) is 6.52. The third-order valence-corrected chi connectivity index (χ3v) is 3.68. The molecule has 0 radical (unpaired) electrons. The Labute approximate surface area is 106 Å². The highest BCUT2D eigenvalue weighted by molar-refractivity contribution is 7.99. The molecule has 0 saturated heterocycles. The number of nitrogens with one attached hydrogen (secondary N) is 1. The first-order valence-electron chi connectivity index (χ1n) is 5.98. The topological polar surface area (TPSA) is 12.0 Å². The molecule has 17 heavy (non-hydrogen) atoms.